The standard InChI is InChI=1S/C16H25N9O7S2/c17-7-10(26)8-19-34(31,32)12-2-1-11(25-5-3-24(4-6-25)9-13(27)28)14(15(12)33(18,29)30)16-20-22-23-21-16/h1-2,10,19,26H,3-9,17H2,(H,27,28)(H2,18,29,30)(H,20,21,22,23)/p-1/t10-/m1/s1. The first-order valence-corrected chi connectivity index (χ1v) is 13.0. The zero-order chi connectivity index (χ0) is 25.1. The van der Waals surface area contributed by atoms with Crippen LogP contribution in [0.15, 0.2) is 21.9 Å². The smallest absolute Gasteiger partial charge is 0.242 e. The van der Waals surface area contributed by atoms with E-state index in [2.05, 4.69) is 25.3 Å². The molecule has 1 aliphatic rings. The molecule has 0 radical (unpaired) electrons. The molecule has 0 spiro atoms. The van der Waals surface area contributed by atoms with Crippen LogP contribution in [0.1, 0.15) is 0 Å². The Balaban J connectivity index is 2.12. The molecule has 1 saturated heterocycles. The number of anilines is 1. The predicted octanol–water partition coefficient (Wildman–Crippen LogP) is -5.02. The third kappa shape index (κ3) is 5.84. The summed E-state index contributed by atoms with van der Waals surface area (Å²) in [7, 11) is -9.13. The largest absolute Gasteiger partial charge is 0.549 e. The summed E-state index contributed by atoms with van der Waals surface area (Å²) in [6.45, 7) is 0.284. The molecule has 2 heterocycles. The summed E-state index contributed by atoms with van der Waals surface area (Å²) in [5.74, 6) is -1.44. The van der Waals surface area contributed by atoms with Crippen molar-refractivity contribution in [3.05, 3.63) is 12.1 Å². The van der Waals surface area contributed by atoms with Crippen LogP contribution in [-0.4, -0.2) is 105 Å². The van der Waals surface area contributed by atoms with Crippen LogP contribution in [-0.2, 0) is 24.8 Å². The van der Waals surface area contributed by atoms with Crippen molar-refractivity contribution >= 4 is 31.7 Å². The summed E-state index contributed by atoms with van der Waals surface area (Å²) in [5.41, 5.74) is 5.37. The molecule has 1 aromatic carbocycles. The molecule has 3 rings (SSSR count). The van der Waals surface area contributed by atoms with Crippen molar-refractivity contribution in [1.82, 2.24) is 30.2 Å². The third-order valence-electron chi connectivity index (χ3n) is 5.09. The van der Waals surface area contributed by atoms with Gasteiger partial charge in [0, 0.05) is 51.5 Å². The molecule has 0 unspecified atom stereocenters. The van der Waals surface area contributed by atoms with E-state index in [0.29, 0.717) is 13.1 Å². The van der Waals surface area contributed by atoms with Gasteiger partial charge in [0.2, 0.25) is 25.9 Å². The number of carboxylic acids is 1. The number of aliphatic hydroxyl groups is 1. The zero-order valence-corrected chi connectivity index (χ0v) is 19.4. The Bertz CT molecular complexity index is 1230. The van der Waals surface area contributed by atoms with Gasteiger partial charge in [-0.3, -0.25) is 4.90 Å². The number of carbonyl (C=O) groups excluding carboxylic acids is 1. The fraction of sp³-hybridized carbons (Fsp3) is 0.500. The molecule has 16 nitrogen and oxygen atoms in total. The molecule has 18 heteroatoms. The normalized spacial score (nSPS) is 16.5. The van der Waals surface area contributed by atoms with Crippen molar-refractivity contribution in [3.63, 3.8) is 0 Å². The second-order valence-corrected chi connectivity index (χ2v) is 10.7. The number of nitrogens with two attached hydrogens (primary N) is 2. The lowest BCUT2D eigenvalue weighted by atomic mass is 10.1. The lowest BCUT2D eigenvalue weighted by Crippen LogP contribution is -2.50. The highest BCUT2D eigenvalue weighted by molar-refractivity contribution is 7.92. The Kier molecular flexibility index (Phi) is 7.81. The number of H-pyrrole nitrogens is 1. The second-order valence-electron chi connectivity index (χ2n) is 7.44. The number of carbonyl (C=O) groups is 1. The predicted molar refractivity (Wildman–Crippen MR) is 115 cm³/mol. The highest BCUT2D eigenvalue weighted by Gasteiger charge is 2.33. The number of tetrazole rings is 1. The van der Waals surface area contributed by atoms with E-state index in [1.54, 1.807) is 9.80 Å². The van der Waals surface area contributed by atoms with Crippen LogP contribution < -0.4 is 25.6 Å². The number of carboxylic acid groups (broad SMARTS) is 1. The Labute approximate surface area is 195 Å². The van der Waals surface area contributed by atoms with Gasteiger partial charge in [-0.05, 0) is 17.3 Å². The first-order valence-electron chi connectivity index (χ1n) is 9.92. The Hall–Kier alpha value is -2.74. The van der Waals surface area contributed by atoms with Crippen molar-refractivity contribution in [2.45, 2.75) is 15.9 Å². The molecular weight excluding hydrogens is 494 g/mol. The number of sulfonamides is 2. The van der Waals surface area contributed by atoms with Gasteiger partial charge in [-0.25, -0.2) is 26.7 Å². The van der Waals surface area contributed by atoms with Crippen LogP contribution in [0, 0.1) is 0 Å². The summed E-state index contributed by atoms with van der Waals surface area (Å²) in [6, 6.07) is 2.45. The van der Waals surface area contributed by atoms with E-state index in [9.17, 15) is 31.8 Å². The number of rotatable bonds is 10. The van der Waals surface area contributed by atoms with Gasteiger partial charge in [0.25, 0.3) is 0 Å². The molecule has 0 amide bonds. The van der Waals surface area contributed by atoms with Gasteiger partial charge in [-0.1, -0.05) is 0 Å². The lowest BCUT2D eigenvalue weighted by molar-refractivity contribution is -0.306. The summed E-state index contributed by atoms with van der Waals surface area (Å²) < 4.78 is 53.3. The van der Waals surface area contributed by atoms with Crippen LogP contribution in [0.25, 0.3) is 11.4 Å². The maximum Gasteiger partial charge on any atom is 0.242 e. The second kappa shape index (κ2) is 10.3. The molecule has 34 heavy (non-hydrogen) atoms. The van der Waals surface area contributed by atoms with Crippen molar-refractivity contribution < 1.29 is 31.8 Å². The molecule has 1 atom stereocenters. The summed E-state index contributed by atoms with van der Waals surface area (Å²) in [6.07, 6.45) is -1.19. The Morgan fingerprint density at radius 2 is 1.91 bits per heavy atom. The first kappa shape index (κ1) is 25.9. The highest BCUT2D eigenvalue weighted by atomic mass is 32.2. The van der Waals surface area contributed by atoms with Gasteiger partial charge in [0.1, 0.15) is 9.79 Å². The molecule has 1 aromatic heterocycles. The van der Waals surface area contributed by atoms with E-state index >= 15 is 0 Å². The van der Waals surface area contributed by atoms with E-state index in [1.165, 1.54) is 6.07 Å². The molecule has 0 saturated carbocycles. The van der Waals surface area contributed by atoms with Gasteiger partial charge < -0.3 is 25.6 Å². The number of primary sulfonamides is 1. The molecule has 1 fully saturated rings. The topological polar surface area (TPSA) is 254 Å². The van der Waals surface area contributed by atoms with Crippen molar-refractivity contribution in [1.29, 1.82) is 0 Å². The molecule has 7 N–H and O–H groups in total. The minimum atomic E-state index is -4.66. The number of nitrogens with zero attached hydrogens (tertiary/aromatic N) is 5. The minimum absolute atomic E-state index is 0.188. The van der Waals surface area contributed by atoms with Crippen LogP contribution in [0.3, 0.4) is 0 Å². The van der Waals surface area contributed by atoms with Crippen molar-refractivity contribution in [2.24, 2.45) is 10.9 Å². The van der Waals surface area contributed by atoms with Crippen molar-refractivity contribution in [3.8, 4) is 11.4 Å². The zero-order valence-electron chi connectivity index (χ0n) is 17.8. The number of aromatic amines is 1. The molecule has 2 aromatic rings. The van der Waals surface area contributed by atoms with E-state index < -0.39 is 48.5 Å². The highest BCUT2D eigenvalue weighted by Crippen LogP contribution is 2.38. The maximum atomic E-state index is 12.9. The number of hydrogen-bond donors (Lipinski definition) is 5. The van der Waals surface area contributed by atoms with Gasteiger partial charge >= 0.3 is 0 Å². The van der Waals surface area contributed by atoms with Crippen LogP contribution in [0.5, 0.6) is 0 Å². The van der Waals surface area contributed by atoms with E-state index in [1.807, 2.05) is 0 Å². The van der Waals surface area contributed by atoms with E-state index in [-0.39, 0.29) is 43.3 Å². The van der Waals surface area contributed by atoms with E-state index in [4.69, 9.17) is 10.9 Å². The third-order valence-corrected chi connectivity index (χ3v) is 7.68. The lowest BCUT2D eigenvalue weighted by Gasteiger charge is -2.37. The molecule has 188 valence electrons. The number of piperazine rings is 1. The molecule has 0 bridgehead atoms. The first-order chi connectivity index (χ1) is 15.9. The van der Waals surface area contributed by atoms with Gasteiger partial charge in [-0.15, -0.1) is 10.2 Å². The summed E-state index contributed by atoms with van der Waals surface area (Å²) in [4.78, 5) is 12.8. The maximum absolute atomic E-state index is 12.9. The number of aromatic nitrogens is 4. The number of benzene rings is 1. The molecule has 1 aliphatic heterocycles. The fourth-order valence-electron chi connectivity index (χ4n) is 3.49. The number of hydrogen-bond acceptors (Lipinski definition) is 13. The fourth-order valence-corrected chi connectivity index (χ4v) is 6.16. The van der Waals surface area contributed by atoms with E-state index in [0.717, 1.165) is 6.07 Å². The average Bonchev–Trinajstić information content (AvgIpc) is 3.30. The molecule has 0 aliphatic carbocycles. The Morgan fingerprint density at radius 3 is 2.44 bits per heavy atom. The SMILES string of the molecule is NC[C@@H](O)CNS(=O)(=O)c1ccc(N2CCN(CC(=O)[O-])CC2)c(-c2nn[nH]n2)c1S(N)(=O)=O. The quantitative estimate of drug-likeness (QED) is 0.198. The number of aliphatic hydroxyl groups excluding tert-OH is 1. The van der Waals surface area contributed by atoms with Gasteiger partial charge in [0.05, 0.1) is 17.6 Å². The van der Waals surface area contributed by atoms with Crippen LogP contribution >= 0.6 is 0 Å². The summed E-state index contributed by atoms with van der Waals surface area (Å²) in [5, 5.41) is 39.2. The Morgan fingerprint density at radius 1 is 1.24 bits per heavy atom. The van der Waals surface area contributed by atoms with Gasteiger partial charge in [0.15, 0.2) is 0 Å². The van der Waals surface area contributed by atoms with Gasteiger partial charge in [-0.2, -0.15) is 5.21 Å². The molecular formula is C16H24N9O7S2-. The summed E-state index contributed by atoms with van der Waals surface area (Å²) >= 11 is 0. The van der Waals surface area contributed by atoms with Crippen LogP contribution in [0.2, 0.25) is 0 Å². The monoisotopic (exact) mass is 518 g/mol. The average molecular weight is 519 g/mol. The minimum Gasteiger partial charge on any atom is -0.549 e. The van der Waals surface area contributed by atoms with Crippen molar-refractivity contribution in [2.75, 3.05) is 50.7 Å². The number of nitrogens with one attached hydrogen (secondary N) is 2. The van der Waals surface area contributed by atoms with Crippen LogP contribution in [0.4, 0.5) is 5.69 Å². The number of aliphatic carboxylic acids is 1.